The van der Waals surface area contributed by atoms with Crippen molar-refractivity contribution in [2.75, 3.05) is 13.6 Å². The molecule has 3 unspecified atom stereocenters. The maximum Gasteiger partial charge on any atom is 0.335 e. The Bertz CT molecular complexity index is 516. The fraction of sp³-hybridized carbons (Fsp3) is 0.385. The van der Waals surface area contributed by atoms with Gasteiger partial charge in [0, 0.05) is 6.54 Å². The molecule has 0 amide bonds. The normalized spacial score (nSPS) is 14.1. The zero-order valence-corrected chi connectivity index (χ0v) is 12.1. The van der Waals surface area contributed by atoms with Gasteiger partial charge in [0.05, 0.1) is 6.10 Å². The van der Waals surface area contributed by atoms with E-state index in [2.05, 4.69) is 5.32 Å². The van der Waals surface area contributed by atoms with Gasteiger partial charge in [-0.25, -0.2) is 9.59 Å². The molecule has 0 heterocycles. The molecule has 0 bridgehead atoms. The molecule has 0 saturated heterocycles. The number of rotatable bonds is 6. The van der Waals surface area contributed by atoms with Crippen molar-refractivity contribution in [1.29, 1.82) is 0 Å². The predicted octanol–water partition coefficient (Wildman–Crippen LogP) is -1.77. The highest BCUT2D eigenvalue weighted by Crippen LogP contribution is 2.27. The number of benzene rings is 1. The summed E-state index contributed by atoms with van der Waals surface area (Å²) in [5, 5.41) is 63.0. The minimum atomic E-state index is -2.27. The number of hydrogen-bond acceptors (Lipinski definition) is 8. The summed E-state index contributed by atoms with van der Waals surface area (Å²) in [6.45, 7) is 0.407. The molecule has 130 valence electrons. The Labute approximate surface area is 130 Å². The highest BCUT2D eigenvalue weighted by atomic mass is 16.4. The van der Waals surface area contributed by atoms with Crippen LogP contribution in [0.1, 0.15) is 11.7 Å². The van der Waals surface area contributed by atoms with Crippen molar-refractivity contribution >= 4 is 11.9 Å². The molecule has 0 aliphatic carbocycles. The number of aromatic hydroxyl groups is 2. The zero-order chi connectivity index (χ0) is 18.2. The number of carbonyl (C=O) groups is 2. The molecule has 10 nitrogen and oxygen atoms in total. The molecule has 0 fully saturated rings. The van der Waals surface area contributed by atoms with E-state index < -0.39 is 30.3 Å². The van der Waals surface area contributed by atoms with Gasteiger partial charge in [0.1, 0.15) is 0 Å². The van der Waals surface area contributed by atoms with Crippen LogP contribution in [0.2, 0.25) is 0 Å². The maximum atomic E-state index is 9.77. The molecule has 1 rings (SSSR count). The van der Waals surface area contributed by atoms with Crippen molar-refractivity contribution in [2.45, 2.75) is 18.3 Å². The van der Waals surface area contributed by atoms with Crippen molar-refractivity contribution in [3.63, 3.8) is 0 Å². The summed E-state index contributed by atoms with van der Waals surface area (Å²) in [6, 6.07) is 4.26. The van der Waals surface area contributed by atoms with Crippen molar-refractivity contribution in [3.05, 3.63) is 23.8 Å². The van der Waals surface area contributed by atoms with Crippen molar-refractivity contribution in [3.8, 4) is 11.5 Å². The van der Waals surface area contributed by atoms with Crippen molar-refractivity contribution in [1.82, 2.24) is 5.32 Å². The Kier molecular flexibility index (Phi) is 8.58. The summed E-state index contributed by atoms with van der Waals surface area (Å²) in [7, 11) is 1.73. The minimum Gasteiger partial charge on any atom is -0.504 e. The molecular weight excluding hydrogens is 314 g/mol. The van der Waals surface area contributed by atoms with E-state index in [1.54, 1.807) is 13.1 Å². The monoisotopic (exact) mass is 333 g/mol. The molecule has 0 spiro atoms. The molecule has 8 N–H and O–H groups in total. The van der Waals surface area contributed by atoms with Crippen LogP contribution in [0.5, 0.6) is 11.5 Å². The number of hydrogen-bond donors (Lipinski definition) is 8. The van der Waals surface area contributed by atoms with Crippen LogP contribution in [0.15, 0.2) is 18.2 Å². The Morgan fingerprint density at radius 1 is 1.00 bits per heavy atom. The van der Waals surface area contributed by atoms with E-state index in [-0.39, 0.29) is 11.5 Å². The van der Waals surface area contributed by atoms with Crippen LogP contribution < -0.4 is 5.32 Å². The highest BCUT2D eigenvalue weighted by molar-refractivity contribution is 5.83. The number of aliphatic hydroxyl groups excluding tert-OH is 3. The van der Waals surface area contributed by atoms with Gasteiger partial charge in [-0.2, -0.15) is 0 Å². The molecule has 23 heavy (non-hydrogen) atoms. The highest BCUT2D eigenvalue weighted by Gasteiger charge is 2.29. The second-order valence-electron chi connectivity index (χ2n) is 4.39. The lowest BCUT2D eigenvalue weighted by molar-refractivity contribution is -0.165. The number of carboxylic acid groups (broad SMARTS) is 2. The first kappa shape index (κ1) is 20.6. The van der Waals surface area contributed by atoms with E-state index in [1.165, 1.54) is 12.1 Å². The minimum absolute atomic E-state index is 0.180. The van der Waals surface area contributed by atoms with Crippen LogP contribution in [-0.2, 0) is 9.59 Å². The van der Waals surface area contributed by atoms with E-state index in [4.69, 9.17) is 30.6 Å². The lowest BCUT2D eigenvalue weighted by Gasteiger charge is -2.10. The van der Waals surface area contributed by atoms with Crippen LogP contribution in [0, 0.1) is 0 Å². The van der Waals surface area contributed by atoms with Crippen molar-refractivity contribution < 1.29 is 45.3 Å². The first-order chi connectivity index (χ1) is 10.6. The molecule has 1 aromatic rings. The van der Waals surface area contributed by atoms with Gasteiger partial charge in [0.2, 0.25) is 0 Å². The molecule has 0 radical (unpaired) electrons. The quantitative estimate of drug-likeness (QED) is 0.277. The third-order valence-electron chi connectivity index (χ3n) is 2.59. The maximum absolute atomic E-state index is 9.77. The van der Waals surface area contributed by atoms with Gasteiger partial charge in [-0.05, 0) is 24.7 Å². The lowest BCUT2D eigenvalue weighted by atomic mass is 10.1. The molecule has 1 aromatic carbocycles. The van der Waals surface area contributed by atoms with Gasteiger partial charge >= 0.3 is 11.9 Å². The lowest BCUT2D eigenvalue weighted by Crippen LogP contribution is -2.39. The summed E-state index contributed by atoms with van der Waals surface area (Å²) in [4.78, 5) is 19.5. The van der Waals surface area contributed by atoms with Crippen LogP contribution >= 0.6 is 0 Å². The van der Waals surface area contributed by atoms with E-state index in [0.29, 0.717) is 12.1 Å². The van der Waals surface area contributed by atoms with Gasteiger partial charge in [0.25, 0.3) is 0 Å². The summed E-state index contributed by atoms with van der Waals surface area (Å²) >= 11 is 0. The fourth-order valence-corrected chi connectivity index (χ4v) is 1.33. The number of aliphatic hydroxyl groups is 3. The average Bonchev–Trinajstić information content (AvgIpc) is 2.49. The molecular formula is C13H19NO9. The standard InChI is InChI=1S/C9H13NO3.C4H6O6/c1-10-5-9(13)6-2-3-7(11)8(12)4-6;5-1(3(7)8)2(6)4(9)10/h2-4,9-13H,5H2,1H3;1-2,5-6H,(H,7,8)(H,9,10). The Hall–Kier alpha value is -2.40. The largest absolute Gasteiger partial charge is 0.504 e. The predicted molar refractivity (Wildman–Crippen MR) is 75.9 cm³/mol. The van der Waals surface area contributed by atoms with Gasteiger partial charge in [0.15, 0.2) is 23.7 Å². The van der Waals surface area contributed by atoms with Crippen LogP contribution in [0.4, 0.5) is 0 Å². The topological polar surface area (TPSA) is 188 Å². The van der Waals surface area contributed by atoms with Gasteiger partial charge in [-0.3, -0.25) is 0 Å². The van der Waals surface area contributed by atoms with Crippen LogP contribution in [0.3, 0.4) is 0 Å². The van der Waals surface area contributed by atoms with E-state index in [0.717, 1.165) is 0 Å². The smallest absolute Gasteiger partial charge is 0.335 e. The number of phenols is 2. The van der Waals surface area contributed by atoms with Crippen LogP contribution in [0.25, 0.3) is 0 Å². The Balaban J connectivity index is 0.000000438. The van der Waals surface area contributed by atoms with Gasteiger partial charge < -0.3 is 41.1 Å². The van der Waals surface area contributed by atoms with Crippen LogP contribution in [-0.4, -0.2) is 73.5 Å². The average molecular weight is 333 g/mol. The van der Waals surface area contributed by atoms with Gasteiger partial charge in [-0.1, -0.05) is 6.07 Å². The number of aliphatic carboxylic acids is 2. The Morgan fingerprint density at radius 2 is 1.48 bits per heavy atom. The molecule has 10 heteroatoms. The summed E-state index contributed by atoms with van der Waals surface area (Å²) in [6.07, 6.45) is -5.20. The van der Waals surface area contributed by atoms with E-state index in [9.17, 15) is 14.7 Å². The molecule has 0 aliphatic heterocycles. The number of carboxylic acids is 2. The molecule has 0 saturated carbocycles. The zero-order valence-electron chi connectivity index (χ0n) is 12.1. The fourth-order valence-electron chi connectivity index (χ4n) is 1.33. The molecule has 0 aromatic heterocycles. The first-order valence-corrected chi connectivity index (χ1v) is 6.28. The third kappa shape index (κ3) is 6.93. The van der Waals surface area contributed by atoms with Gasteiger partial charge in [-0.15, -0.1) is 0 Å². The number of phenolic OH excluding ortho intramolecular Hbond substituents is 2. The third-order valence-corrected chi connectivity index (χ3v) is 2.59. The SMILES string of the molecule is CNCC(O)c1ccc(O)c(O)c1.O=C(O)C(O)C(O)C(=O)O. The Morgan fingerprint density at radius 3 is 1.83 bits per heavy atom. The molecule has 0 aliphatic rings. The second kappa shape index (κ2) is 9.58. The first-order valence-electron chi connectivity index (χ1n) is 6.28. The molecule has 3 atom stereocenters. The second-order valence-corrected chi connectivity index (χ2v) is 4.39. The van der Waals surface area contributed by atoms with E-state index >= 15 is 0 Å². The van der Waals surface area contributed by atoms with E-state index in [1.807, 2.05) is 0 Å². The number of nitrogens with one attached hydrogen (secondary N) is 1. The summed E-state index contributed by atoms with van der Waals surface area (Å²) < 4.78 is 0. The summed E-state index contributed by atoms with van der Waals surface area (Å²) in [5.74, 6) is -3.93. The van der Waals surface area contributed by atoms with Crippen molar-refractivity contribution in [2.24, 2.45) is 0 Å². The summed E-state index contributed by atoms with van der Waals surface area (Å²) in [5.41, 5.74) is 0.574. The number of likely N-dealkylation sites (N-methyl/N-ethyl adjacent to an activating group) is 1.